The monoisotopic (exact) mass is 506 g/mol. The molecule has 0 radical (unpaired) electrons. The zero-order valence-corrected chi connectivity index (χ0v) is 21.4. The summed E-state index contributed by atoms with van der Waals surface area (Å²) in [6, 6.07) is 17.8. The largest absolute Gasteiger partial charge is 0.338 e. The van der Waals surface area contributed by atoms with Crippen molar-refractivity contribution in [3.8, 4) is 5.69 Å². The van der Waals surface area contributed by atoms with Crippen LogP contribution in [0.1, 0.15) is 42.5 Å². The van der Waals surface area contributed by atoms with E-state index in [2.05, 4.69) is 30.1 Å². The van der Waals surface area contributed by atoms with Gasteiger partial charge >= 0.3 is 0 Å². The maximum Gasteiger partial charge on any atom is 0.264 e. The number of hydrogen-bond donors (Lipinski definition) is 2. The van der Waals surface area contributed by atoms with Crippen molar-refractivity contribution in [1.29, 1.82) is 0 Å². The molecular formula is C27H30N4O2S2. The summed E-state index contributed by atoms with van der Waals surface area (Å²) in [5, 5.41) is 4.58. The lowest BCUT2D eigenvalue weighted by atomic mass is 10.0. The number of amides is 1. The van der Waals surface area contributed by atoms with Crippen molar-refractivity contribution in [3.05, 3.63) is 81.8 Å². The summed E-state index contributed by atoms with van der Waals surface area (Å²) in [4.78, 5) is 34.2. The van der Waals surface area contributed by atoms with Crippen LogP contribution in [0, 0.1) is 0 Å². The highest BCUT2D eigenvalue weighted by Crippen LogP contribution is 2.37. The molecule has 2 heterocycles. The topological polar surface area (TPSA) is 67.2 Å². The Bertz CT molecular complexity index is 1260. The summed E-state index contributed by atoms with van der Waals surface area (Å²) in [7, 11) is 0. The molecule has 0 saturated heterocycles. The smallest absolute Gasteiger partial charge is 0.264 e. The van der Waals surface area contributed by atoms with E-state index in [1.54, 1.807) is 21.2 Å². The number of thioether (sulfide) groups is 1. The van der Waals surface area contributed by atoms with E-state index >= 15 is 0 Å². The highest BCUT2D eigenvalue weighted by Gasteiger charge is 2.29. The Hall–Kier alpha value is -2.55. The molecule has 2 aliphatic rings. The van der Waals surface area contributed by atoms with Crippen molar-refractivity contribution in [1.82, 2.24) is 19.8 Å². The van der Waals surface area contributed by atoms with Crippen molar-refractivity contribution in [2.75, 3.05) is 13.1 Å². The Balaban J connectivity index is 1.33. The molecule has 1 amide bonds. The van der Waals surface area contributed by atoms with Gasteiger partial charge in [0.2, 0.25) is 5.91 Å². The van der Waals surface area contributed by atoms with E-state index in [4.69, 9.17) is 4.98 Å². The summed E-state index contributed by atoms with van der Waals surface area (Å²) >= 11 is 6.31. The zero-order valence-electron chi connectivity index (χ0n) is 19.7. The molecule has 1 N–H and O–H groups in total. The molecular weight excluding hydrogens is 476 g/mol. The van der Waals surface area contributed by atoms with Crippen molar-refractivity contribution >= 4 is 30.3 Å². The van der Waals surface area contributed by atoms with Crippen molar-refractivity contribution < 1.29 is 4.79 Å². The summed E-state index contributed by atoms with van der Waals surface area (Å²) < 4.78 is 1.71. The van der Waals surface area contributed by atoms with Crippen molar-refractivity contribution in [3.63, 3.8) is 0 Å². The van der Waals surface area contributed by atoms with Gasteiger partial charge in [0.05, 0.1) is 23.5 Å². The first-order valence-corrected chi connectivity index (χ1v) is 13.5. The van der Waals surface area contributed by atoms with Gasteiger partial charge in [0.1, 0.15) is 0 Å². The molecule has 2 aromatic carbocycles. The lowest BCUT2D eigenvalue weighted by Gasteiger charge is -2.30. The van der Waals surface area contributed by atoms with E-state index in [1.807, 2.05) is 42.5 Å². The number of aromatic nitrogens is 2. The number of hydrogen-bond acceptors (Lipinski definition) is 6. The van der Waals surface area contributed by atoms with Gasteiger partial charge < -0.3 is 10.2 Å². The molecule has 35 heavy (non-hydrogen) atoms. The number of benzene rings is 2. The second-order valence-corrected chi connectivity index (χ2v) is 10.8. The van der Waals surface area contributed by atoms with E-state index < -0.39 is 0 Å². The molecule has 1 aromatic heterocycles. The number of carbonyl (C=O) groups is 1. The van der Waals surface area contributed by atoms with Crippen LogP contribution in [0.25, 0.3) is 5.69 Å². The molecule has 1 fully saturated rings. The quantitative estimate of drug-likeness (QED) is 0.272. The fraction of sp³-hybridized carbons (Fsp3) is 0.370. The van der Waals surface area contributed by atoms with E-state index in [1.165, 1.54) is 12.0 Å². The Morgan fingerprint density at radius 3 is 2.63 bits per heavy atom. The number of rotatable bonds is 8. The van der Waals surface area contributed by atoms with Crippen LogP contribution in [-0.2, 0) is 24.3 Å². The summed E-state index contributed by atoms with van der Waals surface area (Å²) in [5.74, 6) is 0.0599. The maximum absolute atomic E-state index is 13.8. The Labute approximate surface area is 215 Å². The van der Waals surface area contributed by atoms with Gasteiger partial charge in [0.15, 0.2) is 5.16 Å². The van der Waals surface area contributed by atoms with Crippen LogP contribution in [0.4, 0.5) is 0 Å². The molecule has 3 aromatic rings. The third-order valence-corrected chi connectivity index (χ3v) is 8.35. The van der Waals surface area contributed by atoms with E-state index in [9.17, 15) is 9.59 Å². The van der Waals surface area contributed by atoms with Crippen LogP contribution >= 0.6 is 24.4 Å². The molecule has 1 aliphatic heterocycles. The standard InChI is InChI=1S/C27H30N4O2S2/c32-25(13-15-28-17-19-7-2-1-3-8-19)30-16-14-22-21(18-30)26(33)31(23-11-4-5-12-24(23)34)27(29-22)35-20-9-6-10-20/h1-5,7-8,11-12,20,28,34H,6,9-10,13-18H2. The van der Waals surface area contributed by atoms with Gasteiger partial charge in [0.25, 0.3) is 5.56 Å². The molecule has 0 atom stereocenters. The minimum Gasteiger partial charge on any atom is -0.338 e. The van der Waals surface area contributed by atoms with Crippen molar-refractivity contribution in [2.45, 2.75) is 60.5 Å². The molecule has 0 spiro atoms. The van der Waals surface area contributed by atoms with Gasteiger partial charge in [-0.2, -0.15) is 0 Å². The zero-order chi connectivity index (χ0) is 24.2. The first-order valence-electron chi connectivity index (χ1n) is 12.2. The summed E-state index contributed by atoms with van der Waals surface area (Å²) in [5.41, 5.74) is 3.30. The molecule has 8 heteroatoms. The van der Waals surface area contributed by atoms with Gasteiger partial charge in [-0.25, -0.2) is 4.98 Å². The van der Waals surface area contributed by atoms with E-state index in [0.717, 1.165) is 40.8 Å². The van der Waals surface area contributed by atoms with Crippen LogP contribution in [0.15, 0.2) is 69.4 Å². The van der Waals surface area contributed by atoms with Gasteiger partial charge in [-0.15, -0.1) is 12.6 Å². The van der Waals surface area contributed by atoms with Crippen molar-refractivity contribution in [2.24, 2.45) is 0 Å². The number of nitrogens with one attached hydrogen (secondary N) is 1. The maximum atomic E-state index is 13.8. The fourth-order valence-electron chi connectivity index (χ4n) is 4.43. The van der Waals surface area contributed by atoms with Crippen LogP contribution < -0.4 is 10.9 Å². The molecule has 0 bridgehead atoms. The Morgan fingerprint density at radius 1 is 1.11 bits per heavy atom. The lowest BCUT2D eigenvalue weighted by molar-refractivity contribution is -0.132. The summed E-state index contributed by atoms with van der Waals surface area (Å²) in [6.45, 7) is 2.24. The van der Waals surface area contributed by atoms with Gasteiger partial charge in [-0.1, -0.05) is 60.6 Å². The number of para-hydroxylation sites is 1. The first kappa shape index (κ1) is 24.2. The highest BCUT2D eigenvalue weighted by molar-refractivity contribution is 7.99. The predicted molar refractivity (Wildman–Crippen MR) is 142 cm³/mol. The lowest BCUT2D eigenvalue weighted by Crippen LogP contribution is -2.42. The van der Waals surface area contributed by atoms with Crippen LogP contribution in [0.2, 0.25) is 0 Å². The number of fused-ring (bicyclic) bond motifs is 1. The first-order chi connectivity index (χ1) is 17.1. The van der Waals surface area contributed by atoms with Crippen LogP contribution in [0.5, 0.6) is 0 Å². The minimum atomic E-state index is -0.0852. The molecule has 182 valence electrons. The van der Waals surface area contributed by atoms with Gasteiger partial charge in [-0.3, -0.25) is 14.2 Å². The molecule has 5 rings (SSSR count). The Kier molecular flexibility index (Phi) is 7.60. The third-order valence-electron chi connectivity index (χ3n) is 6.69. The van der Waals surface area contributed by atoms with Crippen LogP contribution in [0.3, 0.4) is 0 Å². The van der Waals surface area contributed by atoms with E-state index in [-0.39, 0.29) is 11.5 Å². The average molecular weight is 507 g/mol. The number of carbonyl (C=O) groups excluding carboxylic acids is 1. The number of nitrogens with zero attached hydrogens (tertiary/aromatic N) is 3. The fourth-order valence-corrected chi connectivity index (χ4v) is 6.01. The summed E-state index contributed by atoms with van der Waals surface area (Å²) in [6.07, 6.45) is 4.54. The molecule has 0 unspecified atom stereocenters. The number of thiol groups is 1. The minimum absolute atomic E-state index is 0.0599. The van der Waals surface area contributed by atoms with Crippen LogP contribution in [-0.4, -0.2) is 38.7 Å². The second kappa shape index (κ2) is 11.0. The average Bonchev–Trinajstić information content (AvgIpc) is 2.85. The molecule has 6 nitrogen and oxygen atoms in total. The molecule has 1 saturated carbocycles. The second-order valence-electron chi connectivity index (χ2n) is 9.10. The SMILES string of the molecule is O=C(CCNCc1ccccc1)N1CCc2nc(SC3CCC3)n(-c3ccccc3S)c(=O)c2C1. The van der Waals surface area contributed by atoms with Gasteiger partial charge in [-0.05, 0) is 30.5 Å². The van der Waals surface area contributed by atoms with E-state index in [0.29, 0.717) is 43.3 Å². The van der Waals surface area contributed by atoms with Gasteiger partial charge in [0, 0.05) is 42.6 Å². The Morgan fingerprint density at radius 2 is 1.89 bits per heavy atom. The normalized spacial score (nSPS) is 15.5. The molecule has 1 aliphatic carbocycles. The predicted octanol–water partition coefficient (Wildman–Crippen LogP) is 4.23. The highest BCUT2D eigenvalue weighted by atomic mass is 32.2. The third kappa shape index (κ3) is 5.50.